The molecule has 3 rings (SSSR count). The van der Waals surface area contributed by atoms with Crippen LogP contribution in [0, 0.1) is 19.8 Å². The van der Waals surface area contributed by atoms with Gasteiger partial charge in [-0.2, -0.15) is 13.2 Å². The van der Waals surface area contributed by atoms with Crippen molar-refractivity contribution in [3.8, 4) is 0 Å². The van der Waals surface area contributed by atoms with Crippen molar-refractivity contribution in [3.05, 3.63) is 70.3 Å². The molecule has 0 saturated carbocycles. The summed E-state index contributed by atoms with van der Waals surface area (Å²) in [5, 5.41) is 0. The molecule has 0 bridgehead atoms. The van der Waals surface area contributed by atoms with Crippen LogP contribution in [-0.2, 0) is 11.3 Å². The first-order chi connectivity index (χ1) is 14.6. The number of hydrogen-bond acceptors (Lipinski definition) is 3. The van der Waals surface area contributed by atoms with Gasteiger partial charge in [0.25, 0.3) is 5.91 Å². The van der Waals surface area contributed by atoms with Crippen molar-refractivity contribution in [2.75, 3.05) is 19.7 Å². The van der Waals surface area contributed by atoms with E-state index in [1.165, 1.54) is 0 Å². The van der Waals surface area contributed by atoms with Gasteiger partial charge in [0.2, 0.25) is 0 Å². The summed E-state index contributed by atoms with van der Waals surface area (Å²) >= 11 is 0. The number of carbonyl (C=O) groups is 2. The molecule has 4 nitrogen and oxygen atoms in total. The summed E-state index contributed by atoms with van der Waals surface area (Å²) in [5.41, 5.74) is 3.88. The van der Waals surface area contributed by atoms with Gasteiger partial charge < -0.3 is 9.64 Å². The van der Waals surface area contributed by atoms with E-state index in [2.05, 4.69) is 4.74 Å². The second-order valence-electron chi connectivity index (χ2n) is 8.05. The van der Waals surface area contributed by atoms with Gasteiger partial charge in [-0.25, -0.2) is 0 Å². The highest BCUT2D eigenvalue weighted by Gasteiger charge is 2.29. The Bertz CT molecular complexity index is 930. The maximum absolute atomic E-state index is 12.9. The van der Waals surface area contributed by atoms with Gasteiger partial charge in [-0.15, -0.1) is 0 Å². The fourth-order valence-corrected chi connectivity index (χ4v) is 3.87. The number of likely N-dealkylation sites (tertiary alicyclic amines) is 1. The Morgan fingerprint density at radius 2 is 1.68 bits per heavy atom. The van der Waals surface area contributed by atoms with Crippen LogP contribution >= 0.6 is 0 Å². The highest BCUT2D eigenvalue weighted by Crippen LogP contribution is 2.25. The largest absolute Gasteiger partial charge is 0.411 e. The van der Waals surface area contributed by atoms with Crippen LogP contribution in [0.3, 0.4) is 0 Å². The van der Waals surface area contributed by atoms with E-state index in [9.17, 15) is 22.8 Å². The van der Waals surface area contributed by atoms with Crippen LogP contribution < -0.4 is 0 Å². The molecule has 1 heterocycles. The third-order valence-electron chi connectivity index (χ3n) is 5.54. The molecule has 0 aromatic heterocycles. The number of rotatable bonds is 6. The Balaban J connectivity index is 1.53. The molecule has 1 aliphatic heterocycles. The van der Waals surface area contributed by atoms with Crippen LogP contribution in [0.4, 0.5) is 13.2 Å². The van der Waals surface area contributed by atoms with Crippen LogP contribution in [0.25, 0.3) is 0 Å². The van der Waals surface area contributed by atoms with Crippen LogP contribution in [0.1, 0.15) is 50.2 Å². The quantitative estimate of drug-likeness (QED) is 0.595. The average molecular weight is 433 g/mol. The fraction of sp³-hybridized carbons (Fsp3) is 0.417. The number of halogens is 3. The minimum absolute atomic E-state index is 0.0985. The van der Waals surface area contributed by atoms with E-state index in [-0.39, 0.29) is 24.2 Å². The number of aryl methyl sites for hydroxylation is 2. The summed E-state index contributed by atoms with van der Waals surface area (Å²) in [6.45, 7) is 3.46. The number of alkyl halides is 3. The van der Waals surface area contributed by atoms with Crippen molar-refractivity contribution >= 4 is 11.7 Å². The molecule has 0 N–H and O–H groups in total. The van der Waals surface area contributed by atoms with Crippen molar-refractivity contribution in [1.82, 2.24) is 4.90 Å². The van der Waals surface area contributed by atoms with Gasteiger partial charge in [0.15, 0.2) is 5.78 Å². The number of nitrogens with zero attached hydrogens (tertiary/aromatic N) is 1. The molecule has 1 fully saturated rings. The van der Waals surface area contributed by atoms with E-state index in [4.69, 9.17) is 0 Å². The number of piperidine rings is 1. The first-order valence-corrected chi connectivity index (χ1v) is 10.3. The van der Waals surface area contributed by atoms with Crippen LogP contribution in [0.15, 0.2) is 42.5 Å². The average Bonchev–Trinajstić information content (AvgIpc) is 2.72. The molecule has 0 radical (unpaired) electrons. The Hall–Kier alpha value is -2.67. The van der Waals surface area contributed by atoms with Gasteiger partial charge in [0.05, 0.1) is 6.61 Å². The van der Waals surface area contributed by atoms with Crippen LogP contribution in [0.5, 0.6) is 0 Å². The lowest BCUT2D eigenvalue weighted by molar-refractivity contribution is -0.176. The summed E-state index contributed by atoms with van der Waals surface area (Å²) in [5.74, 6) is -0.105. The lowest BCUT2D eigenvalue weighted by Crippen LogP contribution is -2.40. The van der Waals surface area contributed by atoms with Crippen molar-refractivity contribution in [3.63, 3.8) is 0 Å². The molecule has 0 atom stereocenters. The van der Waals surface area contributed by atoms with Crippen molar-refractivity contribution in [2.24, 2.45) is 5.92 Å². The summed E-state index contributed by atoms with van der Waals surface area (Å²) in [6, 6.07) is 12.2. The molecule has 0 unspecified atom stereocenters. The third kappa shape index (κ3) is 6.17. The van der Waals surface area contributed by atoms with Crippen LogP contribution in [-0.4, -0.2) is 42.5 Å². The van der Waals surface area contributed by atoms with Crippen molar-refractivity contribution in [2.45, 2.75) is 39.5 Å². The Kier molecular flexibility index (Phi) is 7.15. The molecule has 7 heteroatoms. The minimum Gasteiger partial charge on any atom is -0.367 e. The number of ether oxygens (including phenoxy) is 1. The Morgan fingerprint density at radius 1 is 1.03 bits per heavy atom. The molecule has 0 spiro atoms. The van der Waals surface area contributed by atoms with Gasteiger partial charge in [-0.3, -0.25) is 9.59 Å². The summed E-state index contributed by atoms with van der Waals surface area (Å²) in [7, 11) is 0. The predicted octanol–water partition coefficient (Wildman–Crippen LogP) is 5.12. The van der Waals surface area contributed by atoms with Gasteiger partial charge in [0.1, 0.15) is 6.61 Å². The molecule has 166 valence electrons. The van der Waals surface area contributed by atoms with Gasteiger partial charge in [-0.1, -0.05) is 35.9 Å². The van der Waals surface area contributed by atoms with Crippen LogP contribution in [0.2, 0.25) is 0 Å². The second-order valence-corrected chi connectivity index (χ2v) is 8.05. The van der Waals surface area contributed by atoms with E-state index in [0.29, 0.717) is 37.1 Å². The van der Waals surface area contributed by atoms with E-state index in [1.807, 2.05) is 32.0 Å². The Morgan fingerprint density at radius 3 is 2.26 bits per heavy atom. The third-order valence-corrected chi connectivity index (χ3v) is 5.54. The molecular weight excluding hydrogens is 407 g/mol. The normalized spacial score (nSPS) is 15.2. The molecule has 1 amide bonds. The second kappa shape index (κ2) is 9.64. The molecule has 0 aliphatic carbocycles. The van der Waals surface area contributed by atoms with Crippen molar-refractivity contribution < 1.29 is 27.5 Å². The zero-order valence-corrected chi connectivity index (χ0v) is 17.7. The standard InChI is InChI=1S/C24H26F3NO3/c1-16-3-8-21(17(2)13-16)22(29)19-9-11-28(12-10-19)23(30)20-6-4-18(5-7-20)14-31-15-24(25,26)27/h3-8,13,19H,9-12,14-15H2,1-2H3. The maximum atomic E-state index is 12.9. The summed E-state index contributed by atoms with van der Waals surface area (Å²) in [4.78, 5) is 27.4. The smallest absolute Gasteiger partial charge is 0.367 e. The van der Waals surface area contributed by atoms with Gasteiger partial charge >= 0.3 is 6.18 Å². The SMILES string of the molecule is Cc1ccc(C(=O)C2CCN(C(=O)c3ccc(COCC(F)(F)F)cc3)CC2)c(C)c1. The van der Waals surface area contributed by atoms with E-state index in [1.54, 1.807) is 29.2 Å². The van der Waals surface area contributed by atoms with Gasteiger partial charge in [-0.05, 0) is 49.9 Å². The molecule has 2 aromatic carbocycles. The fourth-order valence-electron chi connectivity index (χ4n) is 3.87. The molecule has 31 heavy (non-hydrogen) atoms. The number of benzene rings is 2. The monoisotopic (exact) mass is 433 g/mol. The lowest BCUT2D eigenvalue weighted by atomic mass is 9.87. The highest BCUT2D eigenvalue weighted by molar-refractivity contribution is 5.99. The number of amides is 1. The lowest BCUT2D eigenvalue weighted by Gasteiger charge is -2.31. The summed E-state index contributed by atoms with van der Waals surface area (Å²) < 4.78 is 41.1. The zero-order chi connectivity index (χ0) is 22.6. The number of hydrogen-bond donors (Lipinski definition) is 0. The first-order valence-electron chi connectivity index (χ1n) is 10.3. The van der Waals surface area contributed by atoms with E-state index < -0.39 is 12.8 Å². The molecular formula is C24H26F3NO3. The van der Waals surface area contributed by atoms with E-state index in [0.717, 1.165) is 16.7 Å². The number of ketones is 1. The Labute approximate surface area is 180 Å². The topological polar surface area (TPSA) is 46.6 Å². The summed E-state index contributed by atoms with van der Waals surface area (Å²) in [6.07, 6.45) is -3.13. The minimum atomic E-state index is -4.36. The van der Waals surface area contributed by atoms with Crippen molar-refractivity contribution in [1.29, 1.82) is 0 Å². The number of Topliss-reactive ketones (excluding diaryl/α,β-unsaturated/α-hetero) is 1. The maximum Gasteiger partial charge on any atom is 0.411 e. The zero-order valence-electron chi connectivity index (χ0n) is 17.7. The first kappa shape index (κ1) is 23.0. The van der Waals surface area contributed by atoms with Gasteiger partial charge in [0, 0.05) is 30.1 Å². The predicted molar refractivity (Wildman–Crippen MR) is 111 cm³/mol. The highest BCUT2D eigenvalue weighted by atomic mass is 19.4. The molecule has 2 aromatic rings. The van der Waals surface area contributed by atoms with E-state index >= 15 is 0 Å². The number of carbonyl (C=O) groups excluding carboxylic acids is 2. The molecule has 1 saturated heterocycles. The molecule has 1 aliphatic rings.